The number of pyridine rings is 1. The first kappa shape index (κ1) is 18.9. The molecule has 0 saturated carbocycles. The molecule has 0 aliphatic carbocycles. The highest BCUT2D eigenvalue weighted by Crippen LogP contribution is 2.27. The number of hydrogen-bond acceptors (Lipinski definition) is 8. The van der Waals surface area contributed by atoms with E-state index in [1.165, 1.54) is 23.1 Å². The summed E-state index contributed by atoms with van der Waals surface area (Å²) in [6, 6.07) is 5.75. The van der Waals surface area contributed by atoms with Crippen molar-refractivity contribution in [1.29, 1.82) is 5.26 Å². The molecule has 136 valence electrons. The van der Waals surface area contributed by atoms with Crippen LogP contribution >= 0.6 is 23.1 Å². The van der Waals surface area contributed by atoms with Gasteiger partial charge in [-0.1, -0.05) is 17.8 Å². The standard InChI is InChI=1S/C18H16N6OS2/c1-3-8-24-16(13-4-6-20-7-5-13)22-23-18(24)27-11-15(25)14(9-19)17-21-12(2)10-26-17/h3-7,10,14H,1,8,11H2,2H3. The molecule has 0 aromatic carbocycles. The van der Waals surface area contributed by atoms with Crippen LogP contribution in [0.5, 0.6) is 0 Å². The quantitative estimate of drug-likeness (QED) is 0.426. The fraction of sp³-hybridized carbons (Fsp3) is 0.222. The van der Waals surface area contributed by atoms with Gasteiger partial charge in [-0.15, -0.1) is 28.1 Å². The molecule has 3 aromatic heterocycles. The SMILES string of the molecule is C=CCn1c(SCC(=O)C(C#N)c2nc(C)cs2)nnc1-c1ccncc1. The van der Waals surface area contributed by atoms with Crippen molar-refractivity contribution in [3.8, 4) is 17.5 Å². The monoisotopic (exact) mass is 396 g/mol. The molecule has 1 atom stereocenters. The number of thioether (sulfide) groups is 1. The lowest BCUT2D eigenvalue weighted by Crippen LogP contribution is -2.14. The Morgan fingerprint density at radius 2 is 2.22 bits per heavy atom. The van der Waals surface area contributed by atoms with Crippen molar-refractivity contribution in [2.75, 3.05) is 5.75 Å². The van der Waals surface area contributed by atoms with E-state index in [0.717, 1.165) is 11.3 Å². The molecule has 0 amide bonds. The molecule has 1 unspecified atom stereocenters. The van der Waals surface area contributed by atoms with Gasteiger partial charge in [-0.25, -0.2) is 4.98 Å². The summed E-state index contributed by atoms with van der Waals surface area (Å²) in [4.78, 5) is 20.8. The fourth-order valence-electron chi connectivity index (χ4n) is 2.39. The molecule has 3 aromatic rings. The van der Waals surface area contributed by atoms with Crippen molar-refractivity contribution in [3.05, 3.63) is 53.3 Å². The van der Waals surface area contributed by atoms with Gasteiger partial charge in [-0.2, -0.15) is 5.26 Å². The third-order valence-electron chi connectivity index (χ3n) is 3.65. The number of aromatic nitrogens is 5. The van der Waals surface area contributed by atoms with Crippen LogP contribution in [0.2, 0.25) is 0 Å². The summed E-state index contributed by atoms with van der Waals surface area (Å²) >= 11 is 2.59. The Morgan fingerprint density at radius 3 is 2.85 bits per heavy atom. The number of carbonyl (C=O) groups is 1. The van der Waals surface area contributed by atoms with Crippen LogP contribution in [0.4, 0.5) is 0 Å². The zero-order valence-corrected chi connectivity index (χ0v) is 16.2. The van der Waals surface area contributed by atoms with Gasteiger partial charge in [-0.3, -0.25) is 14.3 Å². The Kier molecular flexibility index (Phi) is 6.11. The van der Waals surface area contributed by atoms with E-state index in [2.05, 4.69) is 32.8 Å². The van der Waals surface area contributed by atoms with Gasteiger partial charge in [0.05, 0.1) is 11.8 Å². The van der Waals surface area contributed by atoms with E-state index in [0.29, 0.717) is 22.5 Å². The van der Waals surface area contributed by atoms with Crippen molar-refractivity contribution in [3.63, 3.8) is 0 Å². The van der Waals surface area contributed by atoms with Crippen LogP contribution in [0, 0.1) is 18.3 Å². The number of nitriles is 1. The molecular weight excluding hydrogens is 380 g/mol. The van der Waals surface area contributed by atoms with E-state index in [9.17, 15) is 10.1 Å². The number of Topliss-reactive ketones (excluding diaryl/α,β-unsaturated/α-hetero) is 1. The lowest BCUT2D eigenvalue weighted by Gasteiger charge is -2.08. The molecule has 0 bridgehead atoms. The largest absolute Gasteiger partial charge is 0.298 e. The minimum Gasteiger partial charge on any atom is -0.298 e. The number of allylic oxidation sites excluding steroid dienone is 1. The summed E-state index contributed by atoms with van der Waals surface area (Å²) in [7, 11) is 0. The Balaban J connectivity index is 1.77. The van der Waals surface area contributed by atoms with E-state index in [-0.39, 0.29) is 11.5 Å². The van der Waals surface area contributed by atoms with E-state index in [1.54, 1.807) is 18.5 Å². The Bertz CT molecular complexity index is 989. The van der Waals surface area contributed by atoms with Gasteiger partial charge < -0.3 is 0 Å². The van der Waals surface area contributed by atoms with Crippen molar-refractivity contribution in [2.45, 2.75) is 24.5 Å². The zero-order valence-electron chi connectivity index (χ0n) is 14.6. The number of aryl methyl sites for hydroxylation is 1. The number of ketones is 1. The Morgan fingerprint density at radius 1 is 1.44 bits per heavy atom. The van der Waals surface area contributed by atoms with Gasteiger partial charge in [0.15, 0.2) is 22.7 Å². The Hall–Kier alpha value is -2.83. The molecule has 7 nitrogen and oxygen atoms in total. The number of nitrogens with zero attached hydrogens (tertiary/aromatic N) is 6. The molecule has 0 N–H and O–H groups in total. The molecule has 0 aliphatic heterocycles. The van der Waals surface area contributed by atoms with Crippen molar-refractivity contribution < 1.29 is 4.79 Å². The van der Waals surface area contributed by atoms with E-state index < -0.39 is 5.92 Å². The summed E-state index contributed by atoms with van der Waals surface area (Å²) < 4.78 is 1.88. The first-order chi connectivity index (χ1) is 13.1. The van der Waals surface area contributed by atoms with Gasteiger partial charge in [0.2, 0.25) is 0 Å². The van der Waals surface area contributed by atoms with Gasteiger partial charge in [0.1, 0.15) is 5.01 Å². The zero-order chi connectivity index (χ0) is 19.2. The average molecular weight is 397 g/mol. The van der Waals surface area contributed by atoms with Crippen LogP contribution in [0.1, 0.15) is 16.6 Å². The number of thiazole rings is 1. The van der Waals surface area contributed by atoms with Crippen molar-refractivity contribution >= 4 is 28.9 Å². The van der Waals surface area contributed by atoms with Gasteiger partial charge in [-0.05, 0) is 19.1 Å². The van der Waals surface area contributed by atoms with Crippen LogP contribution in [-0.4, -0.2) is 36.3 Å². The summed E-state index contributed by atoms with van der Waals surface area (Å²) in [6.45, 7) is 6.12. The van der Waals surface area contributed by atoms with Gasteiger partial charge in [0.25, 0.3) is 0 Å². The van der Waals surface area contributed by atoms with Crippen LogP contribution in [-0.2, 0) is 11.3 Å². The summed E-state index contributed by atoms with van der Waals surface area (Å²) in [6.07, 6.45) is 5.12. The number of hydrogen-bond donors (Lipinski definition) is 0. The molecule has 0 saturated heterocycles. The maximum Gasteiger partial charge on any atom is 0.192 e. The highest BCUT2D eigenvalue weighted by molar-refractivity contribution is 7.99. The second-order valence-corrected chi connectivity index (χ2v) is 7.42. The molecule has 3 rings (SSSR count). The highest BCUT2D eigenvalue weighted by atomic mass is 32.2. The minimum atomic E-state index is -0.855. The van der Waals surface area contributed by atoms with Crippen molar-refractivity contribution in [2.24, 2.45) is 0 Å². The Labute approximate surface area is 164 Å². The molecule has 0 aliphatic rings. The molecule has 0 fully saturated rings. The summed E-state index contributed by atoms with van der Waals surface area (Å²) in [5.74, 6) is -0.260. The van der Waals surface area contributed by atoms with E-state index >= 15 is 0 Å². The third-order valence-corrected chi connectivity index (χ3v) is 5.66. The minimum absolute atomic E-state index is 0.114. The highest BCUT2D eigenvalue weighted by Gasteiger charge is 2.24. The van der Waals surface area contributed by atoms with E-state index in [4.69, 9.17) is 0 Å². The molecular formula is C18H16N6OS2. The lowest BCUT2D eigenvalue weighted by atomic mass is 10.1. The molecule has 27 heavy (non-hydrogen) atoms. The maximum absolute atomic E-state index is 12.5. The maximum atomic E-state index is 12.5. The number of rotatable bonds is 8. The van der Waals surface area contributed by atoms with Crippen LogP contribution in [0.15, 0.2) is 47.7 Å². The number of carbonyl (C=O) groups excluding carboxylic acids is 1. The molecule has 0 radical (unpaired) electrons. The third kappa shape index (κ3) is 4.30. The van der Waals surface area contributed by atoms with Gasteiger partial charge >= 0.3 is 0 Å². The second kappa shape index (κ2) is 8.70. The normalized spacial score (nSPS) is 11.7. The summed E-state index contributed by atoms with van der Waals surface area (Å²) in [5.41, 5.74) is 1.69. The van der Waals surface area contributed by atoms with Crippen LogP contribution in [0.25, 0.3) is 11.4 Å². The average Bonchev–Trinajstić information content (AvgIpc) is 3.28. The predicted octanol–water partition coefficient (Wildman–Crippen LogP) is 3.26. The fourth-order valence-corrected chi connectivity index (χ4v) is 4.11. The smallest absolute Gasteiger partial charge is 0.192 e. The van der Waals surface area contributed by atoms with Crippen molar-refractivity contribution in [1.82, 2.24) is 24.7 Å². The van der Waals surface area contributed by atoms with Crippen LogP contribution in [0.3, 0.4) is 0 Å². The van der Waals surface area contributed by atoms with Gasteiger partial charge in [0, 0.05) is 35.6 Å². The molecule has 3 heterocycles. The second-order valence-electron chi connectivity index (χ2n) is 5.59. The van der Waals surface area contributed by atoms with E-state index in [1.807, 2.05) is 29.0 Å². The first-order valence-electron chi connectivity index (χ1n) is 8.05. The lowest BCUT2D eigenvalue weighted by molar-refractivity contribution is -0.116. The topological polar surface area (TPSA) is 97.3 Å². The molecule has 0 spiro atoms. The first-order valence-corrected chi connectivity index (χ1v) is 9.92. The summed E-state index contributed by atoms with van der Waals surface area (Å²) in [5, 5.41) is 20.8. The van der Waals surface area contributed by atoms with Crippen LogP contribution < -0.4 is 0 Å². The molecule has 9 heteroatoms. The predicted molar refractivity (Wildman–Crippen MR) is 104 cm³/mol.